The molecular weight excluding hydrogens is 374 g/mol. The summed E-state index contributed by atoms with van der Waals surface area (Å²) in [6, 6.07) is 6.34. The lowest BCUT2D eigenvalue weighted by atomic mass is 10.1. The van der Waals surface area contributed by atoms with Gasteiger partial charge < -0.3 is 23.6 Å². The monoisotopic (exact) mass is 389 g/mol. The van der Waals surface area contributed by atoms with E-state index in [4.69, 9.17) is 18.3 Å². The Morgan fingerprint density at radius 2 is 1.85 bits per heavy atom. The van der Waals surface area contributed by atoms with E-state index in [1.807, 2.05) is 0 Å². The van der Waals surface area contributed by atoms with Gasteiger partial charge in [0.05, 0.1) is 19.1 Å². The Morgan fingerprint density at radius 1 is 1.07 bits per heavy atom. The van der Waals surface area contributed by atoms with E-state index in [1.165, 1.54) is 24.7 Å². The third-order valence-corrected chi connectivity index (χ3v) is 4.26. The molecular formula is C18H15NO7S. The van der Waals surface area contributed by atoms with Crippen molar-refractivity contribution >= 4 is 34.2 Å². The molecule has 0 aliphatic carbocycles. The van der Waals surface area contributed by atoms with Crippen LogP contribution in [0, 0.1) is 0 Å². The minimum absolute atomic E-state index is 0.00811. The van der Waals surface area contributed by atoms with Crippen molar-refractivity contribution in [2.24, 2.45) is 0 Å². The highest BCUT2D eigenvalue weighted by molar-refractivity contribution is 7.15. The molecule has 3 aromatic rings. The molecule has 0 saturated carbocycles. The molecule has 9 heteroatoms. The van der Waals surface area contributed by atoms with Crippen LogP contribution in [0.5, 0.6) is 0 Å². The summed E-state index contributed by atoms with van der Waals surface area (Å²) in [5.41, 5.74) is 0.689. The van der Waals surface area contributed by atoms with Gasteiger partial charge in [0.2, 0.25) is 5.76 Å². The van der Waals surface area contributed by atoms with Gasteiger partial charge in [-0.15, -0.1) is 11.3 Å². The fourth-order valence-electron chi connectivity index (χ4n) is 2.23. The van der Waals surface area contributed by atoms with Crippen LogP contribution in [-0.2, 0) is 14.3 Å². The highest BCUT2D eigenvalue weighted by Crippen LogP contribution is 2.36. The van der Waals surface area contributed by atoms with E-state index in [2.05, 4.69) is 5.32 Å². The molecule has 0 aliphatic rings. The standard InChI is InChI=1S/C18H15NO7S/c1-2-23-18(22)15-11(12-5-3-7-24-12)10-27-16(15)19-14(20)9-26-17(21)13-6-4-8-25-13/h3-8,10H,2,9H2,1H3,(H,19,20). The van der Waals surface area contributed by atoms with E-state index in [9.17, 15) is 14.4 Å². The highest BCUT2D eigenvalue weighted by atomic mass is 32.1. The van der Waals surface area contributed by atoms with Crippen LogP contribution in [0.2, 0.25) is 0 Å². The molecule has 140 valence electrons. The summed E-state index contributed by atoms with van der Waals surface area (Å²) in [7, 11) is 0. The number of ether oxygens (including phenoxy) is 2. The number of nitrogens with one attached hydrogen (secondary N) is 1. The Morgan fingerprint density at radius 3 is 2.52 bits per heavy atom. The number of carbonyl (C=O) groups is 3. The molecule has 3 heterocycles. The molecule has 0 aromatic carbocycles. The number of carbonyl (C=O) groups excluding carboxylic acids is 3. The number of hydrogen-bond acceptors (Lipinski definition) is 8. The average Bonchev–Trinajstić information content (AvgIpc) is 3.40. The zero-order chi connectivity index (χ0) is 19.2. The van der Waals surface area contributed by atoms with Gasteiger partial charge in [-0.3, -0.25) is 4.79 Å². The van der Waals surface area contributed by atoms with Crippen molar-refractivity contribution in [1.29, 1.82) is 0 Å². The SMILES string of the molecule is CCOC(=O)c1c(-c2ccco2)csc1NC(=O)COC(=O)c1ccco1. The molecule has 0 aliphatic heterocycles. The smallest absolute Gasteiger partial charge is 0.374 e. The van der Waals surface area contributed by atoms with Gasteiger partial charge in [0, 0.05) is 10.9 Å². The third-order valence-electron chi connectivity index (χ3n) is 3.37. The molecule has 0 spiro atoms. The second-order valence-electron chi connectivity index (χ2n) is 5.15. The van der Waals surface area contributed by atoms with Crippen molar-refractivity contribution < 1.29 is 32.7 Å². The minimum Gasteiger partial charge on any atom is -0.464 e. The van der Waals surface area contributed by atoms with Crippen LogP contribution in [0.25, 0.3) is 11.3 Å². The first-order valence-electron chi connectivity index (χ1n) is 7.93. The number of thiophene rings is 1. The molecule has 0 unspecified atom stereocenters. The largest absolute Gasteiger partial charge is 0.464 e. The Hall–Kier alpha value is -3.33. The number of hydrogen-bond donors (Lipinski definition) is 1. The fourth-order valence-corrected chi connectivity index (χ4v) is 3.18. The van der Waals surface area contributed by atoms with Crippen molar-refractivity contribution in [2.75, 3.05) is 18.5 Å². The topological polar surface area (TPSA) is 108 Å². The normalized spacial score (nSPS) is 10.4. The molecule has 27 heavy (non-hydrogen) atoms. The average molecular weight is 389 g/mol. The number of rotatable bonds is 7. The van der Waals surface area contributed by atoms with Gasteiger partial charge in [0.15, 0.2) is 6.61 Å². The molecule has 0 saturated heterocycles. The number of anilines is 1. The summed E-state index contributed by atoms with van der Waals surface area (Å²) in [5.74, 6) is -1.49. The highest BCUT2D eigenvalue weighted by Gasteiger charge is 2.24. The predicted octanol–water partition coefficient (Wildman–Crippen LogP) is 3.57. The first-order valence-corrected chi connectivity index (χ1v) is 8.81. The lowest BCUT2D eigenvalue weighted by Crippen LogP contribution is -2.21. The molecule has 0 radical (unpaired) electrons. The van der Waals surface area contributed by atoms with Crippen molar-refractivity contribution in [2.45, 2.75) is 6.92 Å². The van der Waals surface area contributed by atoms with Gasteiger partial charge in [-0.05, 0) is 31.2 Å². The third kappa shape index (κ3) is 4.26. The van der Waals surface area contributed by atoms with Crippen LogP contribution in [0.1, 0.15) is 27.8 Å². The maximum absolute atomic E-state index is 12.3. The van der Waals surface area contributed by atoms with Gasteiger partial charge in [0.25, 0.3) is 5.91 Å². The van der Waals surface area contributed by atoms with E-state index in [0.29, 0.717) is 11.3 Å². The van der Waals surface area contributed by atoms with Crippen LogP contribution in [0.4, 0.5) is 5.00 Å². The van der Waals surface area contributed by atoms with E-state index in [-0.39, 0.29) is 22.9 Å². The second-order valence-corrected chi connectivity index (χ2v) is 6.03. The number of amides is 1. The first-order chi connectivity index (χ1) is 13.1. The quantitative estimate of drug-likeness (QED) is 0.615. The lowest BCUT2D eigenvalue weighted by molar-refractivity contribution is -0.119. The molecule has 1 N–H and O–H groups in total. The summed E-state index contributed by atoms with van der Waals surface area (Å²) in [5, 5.41) is 4.52. The summed E-state index contributed by atoms with van der Waals surface area (Å²) in [6.07, 6.45) is 2.80. The molecule has 1 amide bonds. The summed E-state index contributed by atoms with van der Waals surface area (Å²) in [6.45, 7) is 1.33. The van der Waals surface area contributed by atoms with Gasteiger partial charge >= 0.3 is 11.9 Å². The fraction of sp³-hybridized carbons (Fsp3) is 0.167. The molecule has 8 nitrogen and oxygen atoms in total. The van der Waals surface area contributed by atoms with E-state index in [1.54, 1.807) is 24.4 Å². The van der Waals surface area contributed by atoms with Gasteiger partial charge in [0.1, 0.15) is 16.3 Å². The maximum Gasteiger partial charge on any atom is 0.374 e. The van der Waals surface area contributed by atoms with Gasteiger partial charge in [-0.25, -0.2) is 9.59 Å². The van der Waals surface area contributed by atoms with Crippen LogP contribution in [-0.4, -0.2) is 31.1 Å². The zero-order valence-electron chi connectivity index (χ0n) is 14.2. The van der Waals surface area contributed by atoms with E-state index < -0.39 is 24.5 Å². The second kappa shape index (κ2) is 8.37. The van der Waals surface area contributed by atoms with Crippen molar-refractivity contribution in [3.05, 3.63) is 53.5 Å². The molecule has 0 fully saturated rings. The van der Waals surface area contributed by atoms with Crippen LogP contribution in [0.3, 0.4) is 0 Å². The Balaban J connectivity index is 1.73. The van der Waals surface area contributed by atoms with E-state index in [0.717, 1.165) is 11.3 Å². The van der Waals surface area contributed by atoms with Crippen molar-refractivity contribution in [3.8, 4) is 11.3 Å². The number of esters is 2. The Labute approximate surface area is 157 Å². The van der Waals surface area contributed by atoms with E-state index >= 15 is 0 Å². The van der Waals surface area contributed by atoms with Gasteiger partial charge in [-0.2, -0.15) is 0 Å². The minimum atomic E-state index is -0.761. The molecule has 0 atom stereocenters. The van der Waals surface area contributed by atoms with Crippen molar-refractivity contribution in [3.63, 3.8) is 0 Å². The van der Waals surface area contributed by atoms with Crippen molar-refractivity contribution in [1.82, 2.24) is 0 Å². The van der Waals surface area contributed by atoms with Crippen LogP contribution < -0.4 is 5.32 Å². The molecule has 3 aromatic heterocycles. The zero-order valence-corrected chi connectivity index (χ0v) is 15.0. The van der Waals surface area contributed by atoms with Crippen LogP contribution >= 0.6 is 11.3 Å². The first kappa shape index (κ1) is 18.5. The summed E-state index contributed by atoms with van der Waals surface area (Å²) in [4.78, 5) is 36.2. The lowest BCUT2D eigenvalue weighted by Gasteiger charge is -2.08. The molecule has 0 bridgehead atoms. The predicted molar refractivity (Wildman–Crippen MR) is 95.6 cm³/mol. The summed E-state index contributed by atoms with van der Waals surface area (Å²) < 4.78 is 20.2. The number of furan rings is 2. The Kier molecular flexibility index (Phi) is 5.72. The summed E-state index contributed by atoms with van der Waals surface area (Å²) >= 11 is 1.14. The molecule has 3 rings (SSSR count). The maximum atomic E-state index is 12.3. The van der Waals surface area contributed by atoms with Gasteiger partial charge in [-0.1, -0.05) is 0 Å². The van der Waals surface area contributed by atoms with Crippen LogP contribution in [0.15, 0.2) is 51.0 Å². The Bertz CT molecular complexity index is 925.